The highest BCUT2D eigenvalue weighted by molar-refractivity contribution is 5.85. The largest absolute Gasteiger partial charge is 0.478 e. The Balaban J connectivity index is 4.13. The Labute approximate surface area is 101 Å². The minimum atomic E-state index is -0.939. The molecule has 0 aliphatic carbocycles. The molecule has 1 unspecified atom stereocenters. The van der Waals surface area contributed by atoms with Crippen LogP contribution < -0.4 is 5.32 Å². The summed E-state index contributed by atoms with van der Waals surface area (Å²) in [6.07, 6.45) is 5.04. The molecule has 17 heavy (non-hydrogen) atoms. The van der Waals surface area contributed by atoms with Gasteiger partial charge in [0.15, 0.2) is 0 Å². The fourth-order valence-electron chi connectivity index (χ4n) is 1.04. The molecule has 0 saturated carbocycles. The number of carboxylic acids is 1. The number of esters is 1. The molecule has 0 spiro atoms. The van der Waals surface area contributed by atoms with Crippen LogP contribution in [-0.4, -0.2) is 36.7 Å². The zero-order valence-electron chi connectivity index (χ0n) is 10.4. The van der Waals surface area contributed by atoms with Crippen LogP contribution in [0.25, 0.3) is 0 Å². The van der Waals surface area contributed by atoms with Crippen molar-refractivity contribution in [3.63, 3.8) is 0 Å². The van der Waals surface area contributed by atoms with Crippen molar-refractivity contribution in [3.8, 4) is 0 Å². The molecule has 1 atom stereocenters. The number of hydrogen-bond donors (Lipinski definition) is 2. The molecule has 0 fully saturated rings. The maximum Gasteiger partial charge on any atom is 0.330 e. The topological polar surface area (TPSA) is 75.6 Å². The molecule has 5 heteroatoms. The van der Waals surface area contributed by atoms with E-state index in [0.717, 1.165) is 0 Å². The Morgan fingerprint density at radius 3 is 2.59 bits per heavy atom. The van der Waals surface area contributed by atoms with Crippen LogP contribution in [0.4, 0.5) is 0 Å². The lowest BCUT2D eigenvalue weighted by Crippen LogP contribution is -2.30. The molecule has 96 valence electrons. The molecule has 0 bridgehead atoms. The van der Waals surface area contributed by atoms with Gasteiger partial charge in [-0.25, -0.2) is 9.59 Å². The molecule has 0 rings (SSSR count). The number of nitrogens with one attached hydrogen (secondary N) is 1. The smallest absolute Gasteiger partial charge is 0.330 e. The fraction of sp³-hybridized carbons (Fsp3) is 0.500. The number of carbonyl (C=O) groups excluding carboxylic acids is 1. The summed E-state index contributed by atoms with van der Waals surface area (Å²) in [5, 5.41) is 11.6. The number of rotatable bonds is 7. The fourth-order valence-corrected chi connectivity index (χ4v) is 1.04. The summed E-state index contributed by atoms with van der Waals surface area (Å²) in [6, 6.07) is -0.0847. The standard InChI is InChI=1S/C12H19NO4/c1-4-5-11(14)17-8-10(13-3)7-6-9(2)12(15)16/h4-6,10,13H,7-8H2,1-3H3,(H,15,16). The van der Waals surface area contributed by atoms with Gasteiger partial charge in [-0.3, -0.25) is 0 Å². The van der Waals surface area contributed by atoms with Crippen LogP contribution in [0, 0.1) is 0 Å². The first-order chi connectivity index (χ1) is 8.01. The number of allylic oxidation sites excluding steroid dienone is 1. The van der Waals surface area contributed by atoms with Crippen molar-refractivity contribution < 1.29 is 19.4 Å². The van der Waals surface area contributed by atoms with Crippen LogP contribution in [-0.2, 0) is 14.3 Å². The first kappa shape index (κ1) is 15.4. The molecule has 0 aromatic carbocycles. The summed E-state index contributed by atoms with van der Waals surface area (Å²) in [4.78, 5) is 21.6. The highest BCUT2D eigenvalue weighted by Gasteiger charge is 2.08. The molecule has 0 amide bonds. The van der Waals surface area contributed by atoms with E-state index >= 15 is 0 Å². The van der Waals surface area contributed by atoms with E-state index in [1.165, 1.54) is 13.0 Å². The second kappa shape index (κ2) is 8.52. The van der Waals surface area contributed by atoms with Crippen molar-refractivity contribution in [1.82, 2.24) is 5.32 Å². The molecular formula is C12H19NO4. The summed E-state index contributed by atoms with van der Waals surface area (Å²) >= 11 is 0. The number of carbonyl (C=O) groups is 2. The minimum absolute atomic E-state index is 0.0847. The second-order valence-electron chi connectivity index (χ2n) is 3.54. The summed E-state index contributed by atoms with van der Waals surface area (Å²) < 4.78 is 4.96. The zero-order valence-corrected chi connectivity index (χ0v) is 10.4. The number of ether oxygens (including phenoxy) is 1. The molecule has 0 radical (unpaired) electrons. The zero-order chi connectivity index (χ0) is 13.3. The van der Waals surface area contributed by atoms with E-state index in [-0.39, 0.29) is 18.2 Å². The van der Waals surface area contributed by atoms with Crippen LogP contribution >= 0.6 is 0 Å². The lowest BCUT2D eigenvalue weighted by molar-refractivity contribution is -0.138. The summed E-state index contributed by atoms with van der Waals surface area (Å²) in [7, 11) is 1.73. The average molecular weight is 241 g/mol. The van der Waals surface area contributed by atoms with E-state index in [1.807, 2.05) is 0 Å². The van der Waals surface area contributed by atoms with Crippen molar-refractivity contribution in [3.05, 3.63) is 23.8 Å². The highest BCUT2D eigenvalue weighted by Crippen LogP contribution is 2.00. The Hall–Kier alpha value is -1.62. The van der Waals surface area contributed by atoms with E-state index in [4.69, 9.17) is 9.84 Å². The van der Waals surface area contributed by atoms with Crippen molar-refractivity contribution in [2.45, 2.75) is 26.3 Å². The van der Waals surface area contributed by atoms with Crippen LogP contribution in [0.15, 0.2) is 23.8 Å². The van der Waals surface area contributed by atoms with Gasteiger partial charge in [0.05, 0.1) is 0 Å². The molecule has 0 aromatic rings. The number of carboxylic acid groups (broad SMARTS) is 1. The van der Waals surface area contributed by atoms with Gasteiger partial charge in [0, 0.05) is 17.7 Å². The summed E-state index contributed by atoms with van der Waals surface area (Å²) in [6.45, 7) is 3.47. The van der Waals surface area contributed by atoms with Crippen molar-refractivity contribution in [2.75, 3.05) is 13.7 Å². The lowest BCUT2D eigenvalue weighted by atomic mass is 10.1. The lowest BCUT2D eigenvalue weighted by Gasteiger charge is -2.13. The normalized spacial score (nSPS) is 13.7. The number of aliphatic carboxylic acids is 1. The molecule has 5 nitrogen and oxygen atoms in total. The van der Waals surface area contributed by atoms with Gasteiger partial charge in [-0.2, -0.15) is 0 Å². The number of likely N-dealkylation sites (N-methyl/N-ethyl adjacent to an activating group) is 1. The highest BCUT2D eigenvalue weighted by atomic mass is 16.5. The van der Waals surface area contributed by atoms with Gasteiger partial charge in [0.2, 0.25) is 0 Å². The summed E-state index contributed by atoms with van der Waals surface area (Å²) in [5.74, 6) is -1.34. The van der Waals surface area contributed by atoms with Gasteiger partial charge in [0.25, 0.3) is 0 Å². The molecule has 0 saturated heterocycles. The van der Waals surface area contributed by atoms with E-state index < -0.39 is 11.9 Å². The molecule has 0 aliphatic heterocycles. The van der Waals surface area contributed by atoms with E-state index in [0.29, 0.717) is 6.42 Å². The van der Waals surface area contributed by atoms with Gasteiger partial charge in [-0.15, -0.1) is 0 Å². The average Bonchev–Trinajstić information content (AvgIpc) is 2.29. The van der Waals surface area contributed by atoms with Gasteiger partial charge in [-0.05, 0) is 27.3 Å². The van der Waals surface area contributed by atoms with Gasteiger partial charge in [-0.1, -0.05) is 12.2 Å². The van der Waals surface area contributed by atoms with Crippen molar-refractivity contribution in [2.24, 2.45) is 0 Å². The van der Waals surface area contributed by atoms with E-state index in [2.05, 4.69) is 5.32 Å². The van der Waals surface area contributed by atoms with Gasteiger partial charge >= 0.3 is 11.9 Å². The SMILES string of the molecule is CC=CC(=O)OCC(CC=C(C)C(=O)O)NC. The third-order valence-electron chi connectivity index (χ3n) is 2.18. The van der Waals surface area contributed by atoms with Crippen LogP contribution in [0.1, 0.15) is 20.3 Å². The van der Waals surface area contributed by atoms with Crippen molar-refractivity contribution >= 4 is 11.9 Å². The Morgan fingerprint density at radius 1 is 1.47 bits per heavy atom. The minimum Gasteiger partial charge on any atom is -0.478 e. The molecule has 2 N–H and O–H groups in total. The van der Waals surface area contributed by atoms with Crippen LogP contribution in [0.5, 0.6) is 0 Å². The van der Waals surface area contributed by atoms with Gasteiger partial charge in [0.1, 0.15) is 6.61 Å². The molecule has 0 aliphatic rings. The first-order valence-corrected chi connectivity index (χ1v) is 5.38. The monoisotopic (exact) mass is 241 g/mol. The molecule has 0 heterocycles. The van der Waals surface area contributed by atoms with Crippen molar-refractivity contribution in [1.29, 1.82) is 0 Å². The van der Waals surface area contributed by atoms with Crippen LogP contribution in [0.2, 0.25) is 0 Å². The predicted molar refractivity (Wildman–Crippen MR) is 64.6 cm³/mol. The predicted octanol–water partition coefficient (Wildman–Crippen LogP) is 1.11. The Kier molecular flexibility index (Phi) is 7.71. The molecular weight excluding hydrogens is 222 g/mol. The van der Waals surface area contributed by atoms with E-state index in [9.17, 15) is 9.59 Å². The maximum atomic E-state index is 11.1. The molecule has 0 aromatic heterocycles. The van der Waals surface area contributed by atoms with E-state index in [1.54, 1.807) is 26.1 Å². The Morgan fingerprint density at radius 2 is 2.12 bits per heavy atom. The van der Waals surface area contributed by atoms with Gasteiger partial charge < -0.3 is 15.2 Å². The summed E-state index contributed by atoms with van der Waals surface area (Å²) in [5.41, 5.74) is 0.282. The van der Waals surface area contributed by atoms with Crippen LogP contribution in [0.3, 0.4) is 0 Å². The quantitative estimate of drug-likeness (QED) is 0.516. The maximum absolute atomic E-state index is 11.1. The third kappa shape index (κ3) is 7.30. The number of hydrogen-bond acceptors (Lipinski definition) is 4. The third-order valence-corrected chi connectivity index (χ3v) is 2.18. The first-order valence-electron chi connectivity index (χ1n) is 5.38. The second-order valence-corrected chi connectivity index (χ2v) is 3.54. The Bertz CT molecular complexity index is 320.